The lowest BCUT2D eigenvalue weighted by molar-refractivity contribution is 0.00847. The maximum Gasteiger partial charge on any atom is 0.144 e. The van der Waals surface area contributed by atoms with E-state index < -0.39 is 6.10 Å². The van der Waals surface area contributed by atoms with Crippen LogP contribution in [0.15, 0.2) is 84.0 Å². The van der Waals surface area contributed by atoms with Gasteiger partial charge in [0.05, 0.1) is 0 Å². The summed E-state index contributed by atoms with van der Waals surface area (Å²) in [6.07, 6.45) is -0.563. The Morgan fingerprint density at radius 1 is 0.719 bits per heavy atom. The third kappa shape index (κ3) is 4.60. The fraction of sp³-hybridized carbons (Fsp3) is 0.296. The normalized spacial score (nSPS) is 17.0. The van der Waals surface area contributed by atoms with Crippen LogP contribution in [-0.2, 0) is 11.4 Å². The molecule has 3 aromatic rings. The molecule has 1 unspecified atom stereocenters. The number of aliphatic hydroxyl groups excluding tert-OH is 1. The van der Waals surface area contributed by atoms with Crippen molar-refractivity contribution in [2.75, 3.05) is 39.3 Å². The second-order valence-corrected chi connectivity index (χ2v) is 8.54. The molecule has 1 saturated heterocycles. The van der Waals surface area contributed by atoms with Crippen LogP contribution in [-0.4, -0.2) is 66.1 Å². The summed E-state index contributed by atoms with van der Waals surface area (Å²) in [5, 5.41) is 14.9. The Morgan fingerprint density at radius 3 is 1.88 bits per heavy atom. The van der Waals surface area contributed by atoms with E-state index in [0.29, 0.717) is 6.54 Å². The summed E-state index contributed by atoms with van der Waals surface area (Å²) >= 11 is 0. The molecule has 1 N–H and O–H groups in total. The molecular weight excluding hydrogens is 398 g/mol. The molecule has 1 heterocycles. The Morgan fingerprint density at radius 2 is 1.25 bits per heavy atom. The highest BCUT2D eigenvalue weighted by Gasteiger charge is 2.25. The highest BCUT2D eigenvalue weighted by molar-refractivity contribution is 6.24. The smallest absolute Gasteiger partial charge is 0.144 e. The minimum Gasteiger partial charge on any atom is -0.392 e. The van der Waals surface area contributed by atoms with Gasteiger partial charge in [-0.2, -0.15) is 0 Å². The molecule has 1 atom stereocenters. The Labute approximate surface area is 189 Å². The zero-order valence-corrected chi connectivity index (χ0v) is 18.2. The molecular formula is C27H29N3O2. The third-order valence-electron chi connectivity index (χ3n) is 6.26. The van der Waals surface area contributed by atoms with Crippen molar-refractivity contribution in [2.24, 2.45) is 5.16 Å². The van der Waals surface area contributed by atoms with Crippen LogP contribution < -0.4 is 0 Å². The van der Waals surface area contributed by atoms with E-state index in [1.807, 2.05) is 24.3 Å². The van der Waals surface area contributed by atoms with Crippen molar-refractivity contribution in [3.8, 4) is 11.1 Å². The highest BCUT2D eigenvalue weighted by Crippen LogP contribution is 2.36. The Bertz CT molecular complexity index is 1030. The average molecular weight is 428 g/mol. The molecule has 164 valence electrons. The van der Waals surface area contributed by atoms with Crippen LogP contribution in [0, 0.1) is 0 Å². The number of hydrogen-bond donors (Lipinski definition) is 1. The zero-order valence-electron chi connectivity index (χ0n) is 18.2. The van der Waals surface area contributed by atoms with E-state index in [-0.39, 0.29) is 6.61 Å². The fourth-order valence-electron chi connectivity index (χ4n) is 4.60. The summed E-state index contributed by atoms with van der Waals surface area (Å²) in [5.41, 5.74) is 6.72. The molecule has 0 amide bonds. The summed E-state index contributed by atoms with van der Waals surface area (Å²) in [7, 11) is 0. The second-order valence-electron chi connectivity index (χ2n) is 8.54. The van der Waals surface area contributed by atoms with Crippen molar-refractivity contribution >= 4 is 5.71 Å². The summed E-state index contributed by atoms with van der Waals surface area (Å²) < 4.78 is 0. The van der Waals surface area contributed by atoms with Crippen LogP contribution >= 0.6 is 0 Å². The van der Waals surface area contributed by atoms with E-state index in [1.165, 1.54) is 16.7 Å². The van der Waals surface area contributed by atoms with Crippen LogP contribution in [0.2, 0.25) is 0 Å². The van der Waals surface area contributed by atoms with E-state index in [2.05, 4.69) is 69.6 Å². The first kappa shape index (κ1) is 20.9. The maximum atomic E-state index is 10.5. The van der Waals surface area contributed by atoms with Gasteiger partial charge in [0, 0.05) is 50.4 Å². The first-order valence-corrected chi connectivity index (χ1v) is 11.3. The van der Waals surface area contributed by atoms with Crippen molar-refractivity contribution < 1.29 is 9.94 Å². The van der Waals surface area contributed by atoms with Crippen LogP contribution in [0.4, 0.5) is 0 Å². The molecule has 0 aromatic heterocycles. The average Bonchev–Trinajstić information content (AvgIpc) is 3.15. The van der Waals surface area contributed by atoms with Gasteiger partial charge in [-0.15, -0.1) is 0 Å². The van der Waals surface area contributed by atoms with E-state index in [0.717, 1.165) is 49.6 Å². The standard InChI is InChI=1S/C27H29N3O2/c31-22(19-30-16-14-29(15-17-30)18-21-8-2-1-3-9-21)20-32-28-27-25-12-6-4-10-23(25)24-11-5-7-13-26(24)27/h1-13,22,31H,14-20H2. The lowest BCUT2D eigenvalue weighted by Crippen LogP contribution is -2.48. The molecule has 1 aliphatic heterocycles. The second kappa shape index (κ2) is 9.65. The van der Waals surface area contributed by atoms with Gasteiger partial charge in [0.1, 0.15) is 18.4 Å². The molecule has 2 aliphatic rings. The van der Waals surface area contributed by atoms with E-state index in [4.69, 9.17) is 4.84 Å². The van der Waals surface area contributed by atoms with Gasteiger partial charge in [0.2, 0.25) is 0 Å². The molecule has 1 aliphatic carbocycles. The third-order valence-corrected chi connectivity index (χ3v) is 6.26. The number of fused-ring (bicyclic) bond motifs is 3. The quantitative estimate of drug-likeness (QED) is 0.458. The van der Waals surface area contributed by atoms with Crippen LogP contribution in [0.3, 0.4) is 0 Å². The van der Waals surface area contributed by atoms with Crippen LogP contribution in [0.1, 0.15) is 16.7 Å². The van der Waals surface area contributed by atoms with Gasteiger partial charge < -0.3 is 9.94 Å². The zero-order chi connectivity index (χ0) is 21.8. The molecule has 0 spiro atoms. The lowest BCUT2D eigenvalue weighted by Gasteiger charge is -2.35. The van der Waals surface area contributed by atoms with Gasteiger partial charge in [0.15, 0.2) is 0 Å². The number of oxime groups is 1. The number of nitrogens with zero attached hydrogens (tertiary/aromatic N) is 3. The SMILES string of the molecule is OC(CON=C1c2ccccc2-c2ccccc21)CN1CCN(Cc2ccccc2)CC1. The van der Waals surface area contributed by atoms with Gasteiger partial charge in [-0.1, -0.05) is 84.0 Å². The van der Waals surface area contributed by atoms with Crippen molar-refractivity contribution in [3.05, 3.63) is 95.6 Å². The minimum absolute atomic E-state index is 0.193. The lowest BCUT2D eigenvalue weighted by atomic mass is 10.1. The summed E-state index contributed by atoms with van der Waals surface area (Å²) in [4.78, 5) is 10.4. The molecule has 0 radical (unpaired) electrons. The van der Waals surface area contributed by atoms with Crippen LogP contribution in [0.25, 0.3) is 11.1 Å². The van der Waals surface area contributed by atoms with Gasteiger partial charge >= 0.3 is 0 Å². The van der Waals surface area contributed by atoms with Crippen molar-refractivity contribution in [1.29, 1.82) is 0 Å². The number of β-amino-alcohol motifs (C(OH)–C–C–N with tert-alkyl or cyclic N) is 1. The van der Waals surface area contributed by atoms with Gasteiger partial charge in [0.25, 0.3) is 0 Å². The Hall–Kier alpha value is -2.99. The van der Waals surface area contributed by atoms with E-state index in [9.17, 15) is 5.11 Å². The maximum absolute atomic E-state index is 10.5. The first-order chi connectivity index (χ1) is 15.8. The number of benzene rings is 3. The van der Waals surface area contributed by atoms with Gasteiger partial charge in [-0.3, -0.25) is 9.80 Å². The van der Waals surface area contributed by atoms with Crippen LogP contribution in [0.5, 0.6) is 0 Å². The molecule has 5 heteroatoms. The predicted octanol–water partition coefficient (Wildman–Crippen LogP) is 3.61. The van der Waals surface area contributed by atoms with Crippen molar-refractivity contribution in [1.82, 2.24) is 9.80 Å². The minimum atomic E-state index is -0.563. The van der Waals surface area contributed by atoms with E-state index in [1.54, 1.807) is 0 Å². The fourth-order valence-corrected chi connectivity index (χ4v) is 4.60. The number of aliphatic hydroxyl groups is 1. The molecule has 32 heavy (non-hydrogen) atoms. The molecule has 5 rings (SSSR count). The summed E-state index contributed by atoms with van der Waals surface area (Å²) in [5.74, 6) is 0. The topological polar surface area (TPSA) is 48.3 Å². The molecule has 5 nitrogen and oxygen atoms in total. The van der Waals surface area contributed by atoms with Gasteiger partial charge in [-0.05, 0) is 16.7 Å². The van der Waals surface area contributed by atoms with Gasteiger partial charge in [-0.25, -0.2) is 0 Å². The monoisotopic (exact) mass is 427 g/mol. The summed E-state index contributed by atoms with van der Waals surface area (Å²) in [6.45, 7) is 5.73. The van der Waals surface area contributed by atoms with E-state index >= 15 is 0 Å². The Kier molecular flexibility index (Phi) is 6.30. The summed E-state index contributed by atoms with van der Waals surface area (Å²) in [6, 6.07) is 27.1. The predicted molar refractivity (Wildman–Crippen MR) is 128 cm³/mol. The largest absolute Gasteiger partial charge is 0.392 e. The molecule has 0 saturated carbocycles. The van der Waals surface area contributed by atoms with Crippen molar-refractivity contribution in [3.63, 3.8) is 0 Å². The molecule has 0 bridgehead atoms. The number of rotatable bonds is 7. The highest BCUT2D eigenvalue weighted by atomic mass is 16.6. The molecule has 1 fully saturated rings. The van der Waals surface area contributed by atoms with Crippen molar-refractivity contribution in [2.45, 2.75) is 12.6 Å². The first-order valence-electron chi connectivity index (χ1n) is 11.3. The molecule has 3 aromatic carbocycles. The number of piperazine rings is 1. The Balaban J connectivity index is 1.12. The number of hydrogen-bond acceptors (Lipinski definition) is 5.